The van der Waals surface area contributed by atoms with E-state index in [2.05, 4.69) is 43.4 Å². The van der Waals surface area contributed by atoms with Crippen molar-refractivity contribution in [3.63, 3.8) is 0 Å². The maximum Gasteiger partial charge on any atom is 0.312 e. The first kappa shape index (κ1) is 20.4. The maximum atomic E-state index is 12.9. The number of carbonyl (C=O) groups excluding carboxylic acids is 2. The third-order valence-corrected chi connectivity index (χ3v) is 7.31. The van der Waals surface area contributed by atoms with Crippen molar-refractivity contribution < 1.29 is 14.3 Å². The highest BCUT2D eigenvalue weighted by molar-refractivity contribution is 5.83. The number of hydrogen-bond acceptors (Lipinski definition) is 3. The molecule has 5 rings (SSSR count). The summed E-state index contributed by atoms with van der Waals surface area (Å²) >= 11 is 0. The monoisotopic (exact) mass is 397 g/mol. The molecular formula is C25H35NO3. The predicted octanol–water partition coefficient (Wildman–Crippen LogP) is 4.82. The minimum atomic E-state index is -0.299. The van der Waals surface area contributed by atoms with Crippen LogP contribution in [0.4, 0.5) is 0 Å². The van der Waals surface area contributed by atoms with Crippen molar-refractivity contribution in [3.05, 3.63) is 35.4 Å². The average molecular weight is 398 g/mol. The Bertz CT molecular complexity index is 717. The van der Waals surface area contributed by atoms with Gasteiger partial charge in [-0.1, -0.05) is 38.1 Å². The number of carbonyl (C=O) groups is 2. The number of nitrogens with one attached hydrogen (secondary N) is 1. The second-order valence-electron chi connectivity index (χ2n) is 10.4. The number of hydrogen-bond donors (Lipinski definition) is 1. The minimum Gasteiger partial charge on any atom is -0.455 e. The standard InChI is InChI=1S/C25H35NO3/c1-16(2)8-18-4-6-22(7-5-18)17(3)26-23(27)15-29-24(28)25-12-19-9-20(13-25)11-21(10-19)14-25/h4-7,16-17,19-21H,8-15H2,1-3H3,(H,26,27)/t17-,19?,20?,21?,25?/m1/s1. The van der Waals surface area contributed by atoms with Crippen LogP contribution in [-0.2, 0) is 20.7 Å². The average Bonchev–Trinajstić information content (AvgIpc) is 2.65. The molecule has 0 heterocycles. The van der Waals surface area contributed by atoms with Gasteiger partial charge in [-0.15, -0.1) is 0 Å². The summed E-state index contributed by atoms with van der Waals surface area (Å²) in [5.74, 6) is 2.37. The van der Waals surface area contributed by atoms with Gasteiger partial charge in [-0.3, -0.25) is 9.59 Å². The summed E-state index contributed by atoms with van der Waals surface area (Å²) in [6.07, 6.45) is 7.85. The molecule has 1 atom stereocenters. The Balaban J connectivity index is 1.27. The van der Waals surface area contributed by atoms with Gasteiger partial charge in [-0.05, 0) is 86.7 Å². The van der Waals surface area contributed by atoms with Crippen LogP contribution in [0.1, 0.15) is 76.5 Å². The van der Waals surface area contributed by atoms with Crippen molar-refractivity contribution in [2.75, 3.05) is 6.61 Å². The normalized spacial score (nSPS) is 31.0. The zero-order valence-electron chi connectivity index (χ0n) is 18.1. The molecule has 4 bridgehead atoms. The van der Waals surface area contributed by atoms with Crippen LogP contribution >= 0.6 is 0 Å². The summed E-state index contributed by atoms with van der Waals surface area (Å²) in [7, 11) is 0. The molecule has 1 aromatic rings. The van der Waals surface area contributed by atoms with Crippen LogP contribution in [0.2, 0.25) is 0 Å². The van der Waals surface area contributed by atoms with Gasteiger partial charge in [0.15, 0.2) is 6.61 Å². The summed E-state index contributed by atoms with van der Waals surface area (Å²) in [5.41, 5.74) is 2.08. The van der Waals surface area contributed by atoms with Crippen molar-refractivity contribution >= 4 is 11.9 Å². The van der Waals surface area contributed by atoms with E-state index in [1.54, 1.807) is 0 Å². The van der Waals surface area contributed by atoms with Crippen molar-refractivity contribution in [1.82, 2.24) is 5.32 Å². The Morgan fingerprint density at radius 2 is 1.55 bits per heavy atom. The number of ether oxygens (including phenoxy) is 1. The molecule has 0 radical (unpaired) electrons. The molecule has 0 aliphatic heterocycles. The predicted molar refractivity (Wildman–Crippen MR) is 113 cm³/mol. The van der Waals surface area contributed by atoms with E-state index >= 15 is 0 Å². The first-order valence-electron chi connectivity index (χ1n) is 11.4. The second kappa shape index (κ2) is 8.12. The number of rotatable bonds is 7. The lowest BCUT2D eigenvalue weighted by molar-refractivity contribution is -0.173. The third kappa shape index (κ3) is 4.51. The maximum absolute atomic E-state index is 12.9. The minimum absolute atomic E-state index is 0.103. The van der Waals surface area contributed by atoms with E-state index < -0.39 is 0 Å². The molecule has 1 amide bonds. The topological polar surface area (TPSA) is 55.4 Å². The van der Waals surface area contributed by atoms with Gasteiger partial charge in [0.05, 0.1) is 11.5 Å². The fourth-order valence-electron chi connectivity index (χ4n) is 6.43. The largest absolute Gasteiger partial charge is 0.455 e. The Hall–Kier alpha value is -1.84. The van der Waals surface area contributed by atoms with Crippen LogP contribution in [0.15, 0.2) is 24.3 Å². The number of amides is 1. The molecule has 4 aliphatic carbocycles. The second-order valence-corrected chi connectivity index (χ2v) is 10.4. The lowest BCUT2D eigenvalue weighted by Crippen LogP contribution is -2.51. The summed E-state index contributed by atoms with van der Waals surface area (Å²) in [6.45, 7) is 6.22. The molecule has 0 spiro atoms. The Morgan fingerprint density at radius 1 is 1.00 bits per heavy atom. The van der Waals surface area contributed by atoms with Crippen molar-refractivity contribution in [1.29, 1.82) is 0 Å². The van der Waals surface area contributed by atoms with Crippen LogP contribution < -0.4 is 5.32 Å². The third-order valence-electron chi connectivity index (χ3n) is 7.31. The number of benzene rings is 1. The molecule has 4 aliphatic rings. The molecule has 0 saturated heterocycles. The molecule has 0 unspecified atom stereocenters. The van der Waals surface area contributed by atoms with Gasteiger partial charge in [-0.2, -0.15) is 0 Å². The zero-order chi connectivity index (χ0) is 20.6. The fraction of sp³-hybridized carbons (Fsp3) is 0.680. The molecule has 0 aromatic heterocycles. The van der Waals surface area contributed by atoms with E-state index in [0.717, 1.165) is 31.2 Å². The first-order chi connectivity index (χ1) is 13.8. The Kier molecular flexibility index (Phi) is 5.72. The molecule has 4 heteroatoms. The lowest BCUT2D eigenvalue weighted by atomic mass is 9.49. The SMILES string of the molecule is CC(C)Cc1ccc([C@@H](C)NC(=O)COC(=O)C23CC4CC(CC(C4)C2)C3)cc1. The molecular weight excluding hydrogens is 362 g/mol. The molecule has 4 saturated carbocycles. The van der Waals surface area contributed by atoms with Crippen LogP contribution in [0.5, 0.6) is 0 Å². The highest BCUT2D eigenvalue weighted by atomic mass is 16.5. The fourth-order valence-corrected chi connectivity index (χ4v) is 6.43. The van der Waals surface area contributed by atoms with Gasteiger partial charge in [0.1, 0.15) is 0 Å². The zero-order valence-corrected chi connectivity index (χ0v) is 18.1. The lowest BCUT2D eigenvalue weighted by Gasteiger charge is -2.55. The molecule has 1 aromatic carbocycles. The smallest absolute Gasteiger partial charge is 0.312 e. The van der Waals surface area contributed by atoms with Crippen molar-refractivity contribution in [2.24, 2.45) is 29.1 Å². The van der Waals surface area contributed by atoms with Crippen LogP contribution in [-0.4, -0.2) is 18.5 Å². The Morgan fingerprint density at radius 3 is 2.07 bits per heavy atom. The van der Waals surface area contributed by atoms with Gasteiger partial charge < -0.3 is 10.1 Å². The summed E-state index contributed by atoms with van der Waals surface area (Å²) in [5, 5.41) is 2.97. The van der Waals surface area contributed by atoms with E-state index in [9.17, 15) is 9.59 Å². The van der Waals surface area contributed by atoms with E-state index in [0.29, 0.717) is 23.7 Å². The summed E-state index contributed by atoms with van der Waals surface area (Å²) in [4.78, 5) is 25.3. The van der Waals surface area contributed by atoms with Gasteiger partial charge in [0.25, 0.3) is 5.91 Å². The van der Waals surface area contributed by atoms with E-state index in [-0.39, 0.29) is 29.9 Å². The van der Waals surface area contributed by atoms with E-state index in [4.69, 9.17) is 4.74 Å². The van der Waals surface area contributed by atoms with Crippen LogP contribution in [0, 0.1) is 29.1 Å². The Labute approximate surface area is 174 Å². The van der Waals surface area contributed by atoms with E-state index in [1.807, 2.05) is 6.92 Å². The van der Waals surface area contributed by atoms with Crippen LogP contribution in [0.3, 0.4) is 0 Å². The van der Waals surface area contributed by atoms with E-state index in [1.165, 1.54) is 24.8 Å². The summed E-state index contributed by atoms with van der Waals surface area (Å²) in [6, 6.07) is 8.30. The van der Waals surface area contributed by atoms with Crippen LogP contribution in [0.25, 0.3) is 0 Å². The number of esters is 1. The van der Waals surface area contributed by atoms with Gasteiger partial charge in [0.2, 0.25) is 0 Å². The van der Waals surface area contributed by atoms with Crippen molar-refractivity contribution in [2.45, 2.75) is 71.8 Å². The molecule has 29 heavy (non-hydrogen) atoms. The highest BCUT2D eigenvalue weighted by Gasteiger charge is 2.55. The molecule has 1 N–H and O–H groups in total. The molecule has 158 valence electrons. The van der Waals surface area contributed by atoms with Gasteiger partial charge in [0, 0.05) is 0 Å². The van der Waals surface area contributed by atoms with Crippen molar-refractivity contribution in [3.8, 4) is 0 Å². The highest BCUT2D eigenvalue weighted by Crippen LogP contribution is 2.60. The quantitative estimate of drug-likeness (QED) is 0.671. The van der Waals surface area contributed by atoms with Gasteiger partial charge >= 0.3 is 5.97 Å². The van der Waals surface area contributed by atoms with Gasteiger partial charge in [-0.25, -0.2) is 0 Å². The molecule has 4 nitrogen and oxygen atoms in total. The first-order valence-corrected chi connectivity index (χ1v) is 11.4. The summed E-state index contributed by atoms with van der Waals surface area (Å²) < 4.78 is 5.54. The molecule has 4 fully saturated rings.